The molecule has 0 aromatic heterocycles. The molecule has 0 aromatic rings. The second kappa shape index (κ2) is 6.21. The van der Waals surface area contributed by atoms with Crippen LogP contribution in [-0.4, -0.2) is 35.2 Å². The number of hydrogen-bond acceptors (Lipinski definition) is 3. The Bertz CT molecular complexity index is 400. The molecule has 1 atom stereocenters. The van der Waals surface area contributed by atoms with Crippen molar-refractivity contribution in [2.75, 3.05) is 6.54 Å². The number of alkyl halides is 3. The lowest BCUT2D eigenvalue weighted by Gasteiger charge is -2.31. The number of rotatable bonds is 4. The molecular weight excluding hydrogens is 289 g/mol. The molecule has 4 N–H and O–H groups in total. The Labute approximate surface area is 121 Å². The van der Waals surface area contributed by atoms with E-state index in [-0.39, 0.29) is 6.54 Å². The van der Waals surface area contributed by atoms with Gasteiger partial charge in [-0.3, -0.25) is 9.59 Å². The number of amides is 1. The molecule has 21 heavy (non-hydrogen) atoms. The molecule has 0 heterocycles. The Balaban J connectivity index is 2.78. The summed E-state index contributed by atoms with van der Waals surface area (Å²) < 4.78 is 38.0. The fourth-order valence-corrected chi connectivity index (χ4v) is 2.43. The molecule has 8 heteroatoms. The molecule has 0 aliphatic heterocycles. The highest BCUT2D eigenvalue weighted by Gasteiger charge is 2.54. The molecule has 1 aliphatic rings. The molecular formula is C13H21F3N2O3. The number of hydrogen-bond donors (Lipinski definition) is 3. The summed E-state index contributed by atoms with van der Waals surface area (Å²) in [7, 11) is 0. The van der Waals surface area contributed by atoms with E-state index in [0.717, 1.165) is 12.8 Å². The predicted molar refractivity (Wildman–Crippen MR) is 69.4 cm³/mol. The lowest BCUT2D eigenvalue weighted by atomic mass is 9.80. The van der Waals surface area contributed by atoms with Crippen molar-refractivity contribution in [1.82, 2.24) is 5.32 Å². The van der Waals surface area contributed by atoms with Gasteiger partial charge in [0, 0.05) is 6.54 Å². The van der Waals surface area contributed by atoms with E-state index >= 15 is 0 Å². The number of aliphatic carboxylic acids is 1. The Morgan fingerprint density at radius 1 is 1.19 bits per heavy atom. The number of carboxylic acid groups (broad SMARTS) is 1. The summed E-state index contributed by atoms with van der Waals surface area (Å²) in [6, 6.07) is 0. The van der Waals surface area contributed by atoms with Crippen LogP contribution in [0.25, 0.3) is 0 Å². The van der Waals surface area contributed by atoms with Crippen molar-refractivity contribution in [1.29, 1.82) is 0 Å². The van der Waals surface area contributed by atoms with Crippen molar-refractivity contribution >= 4 is 11.9 Å². The zero-order valence-electron chi connectivity index (χ0n) is 11.9. The molecule has 5 nitrogen and oxygen atoms in total. The van der Waals surface area contributed by atoms with Gasteiger partial charge in [-0.25, -0.2) is 0 Å². The quantitative estimate of drug-likeness (QED) is 0.690. The largest absolute Gasteiger partial charge is 0.481 e. The van der Waals surface area contributed by atoms with Crippen LogP contribution < -0.4 is 11.1 Å². The van der Waals surface area contributed by atoms with Crippen LogP contribution in [0.2, 0.25) is 0 Å². The van der Waals surface area contributed by atoms with Gasteiger partial charge in [-0.2, -0.15) is 13.2 Å². The highest BCUT2D eigenvalue weighted by molar-refractivity contribution is 5.87. The van der Waals surface area contributed by atoms with Gasteiger partial charge in [-0.15, -0.1) is 0 Å². The minimum absolute atomic E-state index is 0.329. The minimum Gasteiger partial charge on any atom is -0.481 e. The summed E-state index contributed by atoms with van der Waals surface area (Å²) in [6.45, 7) is 0.243. The van der Waals surface area contributed by atoms with Crippen LogP contribution in [0.5, 0.6) is 0 Å². The maximum Gasteiger partial charge on any atom is 0.415 e. The maximum atomic E-state index is 12.7. The first-order valence-electron chi connectivity index (χ1n) is 6.90. The molecule has 1 fully saturated rings. The SMILES string of the molecule is CC(N)(C(=O)NCC1(C(=O)O)CCCCCC1)C(F)(F)F. The lowest BCUT2D eigenvalue weighted by molar-refractivity contribution is -0.187. The monoisotopic (exact) mass is 310 g/mol. The minimum atomic E-state index is -4.89. The van der Waals surface area contributed by atoms with Crippen molar-refractivity contribution in [2.45, 2.75) is 57.2 Å². The van der Waals surface area contributed by atoms with E-state index in [1.165, 1.54) is 0 Å². The van der Waals surface area contributed by atoms with Crippen molar-refractivity contribution in [3.63, 3.8) is 0 Å². The lowest BCUT2D eigenvalue weighted by Crippen LogP contribution is -2.62. The summed E-state index contributed by atoms with van der Waals surface area (Å²) in [5.74, 6) is -2.49. The van der Waals surface area contributed by atoms with Gasteiger partial charge in [0.05, 0.1) is 5.41 Å². The Morgan fingerprint density at radius 3 is 2.05 bits per heavy atom. The first-order chi connectivity index (χ1) is 9.53. The predicted octanol–water partition coefficient (Wildman–Crippen LogP) is 1.81. The zero-order valence-corrected chi connectivity index (χ0v) is 11.9. The molecule has 0 radical (unpaired) electrons. The first kappa shape index (κ1) is 17.7. The van der Waals surface area contributed by atoms with Gasteiger partial charge in [0.15, 0.2) is 5.54 Å². The third-order valence-electron chi connectivity index (χ3n) is 4.16. The van der Waals surface area contributed by atoms with Crippen molar-refractivity contribution in [3.8, 4) is 0 Å². The van der Waals surface area contributed by atoms with E-state index in [1.807, 2.05) is 0 Å². The smallest absolute Gasteiger partial charge is 0.415 e. The van der Waals surface area contributed by atoms with E-state index in [4.69, 9.17) is 5.73 Å². The van der Waals surface area contributed by atoms with Gasteiger partial charge >= 0.3 is 12.1 Å². The molecule has 0 spiro atoms. The fraction of sp³-hybridized carbons (Fsp3) is 0.846. The van der Waals surface area contributed by atoms with Crippen LogP contribution in [0.3, 0.4) is 0 Å². The third-order valence-corrected chi connectivity index (χ3v) is 4.16. The maximum absolute atomic E-state index is 12.7. The van der Waals surface area contributed by atoms with Crippen LogP contribution in [0.4, 0.5) is 13.2 Å². The van der Waals surface area contributed by atoms with Crippen molar-refractivity contribution < 1.29 is 27.9 Å². The normalized spacial score (nSPS) is 22.0. The van der Waals surface area contributed by atoms with Crippen LogP contribution >= 0.6 is 0 Å². The second-order valence-electron chi connectivity index (χ2n) is 5.88. The average Bonchev–Trinajstić information content (AvgIpc) is 2.60. The summed E-state index contributed by atoms with van der Waals surface area (Å²) >= 11 is 0. The van der Waals surface area contributed by atoms with E-state index in [1.54, 1.807) is 0 Å². The fourth-order valence-electron chi connectivity index (χ4n) is 2.43. The Hall–Kier alpha value is -1.31. The van der Waals surface area contributed by atoms with Crippen molar-refractivity contribution in [2.24, 2.45) is 11.1 Å². The number of halogens is 3. The molecule has 1 saturated carbocycles. The van der Waals surface area contributed by atoms with Crippen LogP contribution in [-0.2, 0) is 9.59 Å². The molecule has 1 rings (SSSR count). The third kappa shape index (κ3) is 3.87. The molecule has 0 aromatic carbocycles. The van der Waals surface area contributed by atoms with Crippen molar-refractivity contribution in [3.05, 3.63) is 0 Å². The molecule has 1 unspecified atom stereocenters. The number of nitrogens with two attached hydrogens (primary N) is 1. The molecule has 1 amide bonds. The summed E-state index contributed by atoms with van der Waals surface area (Å²) in [5.41, 5.74) is 0.788. The Morgan fingerprint density at radius 2 is 1.67 bits per heavy atom. The van der Waals surface area contributed by atoms with Gasteiger partial charge < -0.3 is 16.2 Å². The standard InChI is InChI=1S/C13H21F3N2O3/c1-11(17,13(14,15)16)9(19)18-8-12(10(20)21)6-4-2-3-5-7-12/h2-8,17H2,1H3,(H,18,19)(H,20,21). The number of carboxylic acids is 1. The van der Waals surface area contributed by atoms with Gasteiger partial charge in [0.2, 0.25) is 5.91 Å². The number of carbonyl (C=O) groups excluding carboxylic acids is 1. The number of nitrogens with one attached hydrogen (secondary N) is 1. The second-order valence-corrected chi connectivity index (χ2v) is 5.88. The first-order valence-corrected chi connectivity index (χ1v) is 6.90. The molecule has 122 valence electrons. The van der Waals surface area contributed by atoms with E-state index in [9.17, 15) is 27.9 Å². The molecule has 0 bridgehead atoms. The van der Waals surface area contributed by atoms with Crippen LogP contribution in [0, 0.1) is 5.41 Å². The molecule has 0 saturated heterocycles. The van der Waals surface area contributed by atoms with Gasteiger partial charge in [-0.05, 0) is 19.8 Å². The van der Waals surface area contributed by atoms with Gasteiger partial charge in [0.1, 0.15) is 0 Å². The number of carbonyl (C=O) groups is 2. The topological polar surface area (TPSA) is 92.4 Å². The summed E-state index contributed by atoms with van der Waals surface area (Å²) in [5, 5.41) is 11.5. The zero-order chi connectivity index (χ0) is 16.3. The van der Waals surface area contributed by atoms with Gasteiger partial charge in [0.25, 0.3) is 0 Å². The van der Waals surface area contributed by atoms with E-state index in [2.05, 4.69) is 5.32 Å². The summed E-state index contributed by atoms with van der Waals surface area (Å²) in [4.78, 5) is 23.1. The van der Waals surface area contributed by atoms with Crippen LogP contribution in [0.15, 0.2) is 0 Å². The Kier molecular flexibility index (Phi) is 5.25. The highest BCUT2D eigenvalue weighted by atomic mass is 19.4. The van der Waals surface area contributed by atoms with E-state index < -0.39 is 29.0 Å². The summed E-state index contributed by atoms with van der Waals surface area (Å²) in [6.07, 6.45) is -1.06. The van der Waals surface area contributed by atoms with E-state index in [0.29, 0.717) is 32.6 Å². The average molecular weight is 310 g/mol. The van der Waals surface area contributed by atoms with Gasteiger partial charge in [-0.1, -0.05) is 25.7 Å². The molecule has 1 aliphatic carbocycles. The highest BCUT2D eigenvalue weighted by Crippen LogP contribution is 2.35. The van der Waals surface area contributed by atoms with Crippen LogP contribution in [0.1, 0.15) is 45.4 Å².